The second-order valence-corrected chi connectivity index (χ2v) is 8.02. The number of amides is 2. The number of aromatic nitrogens is 1. The third kappa shape index (κ3) is 4.52. The van der Waals surface area contributed by atoms with E-state index in [1.807, 2.05) is 37.3 Å². The number of anilines is 2. The van der Waals surface area contributed by atoms with Crippen LogP contribution < -0.4 is 10.6 Å². The van der Waals surface area contributed by atoms with Crippen molar-refractivity contribution in [2.45, 2.75) is 25.9 Å². The molecular weight excluding hydrogens is 386 g/mol. The molecule has 0 spiro atoms. The maximum absolute atomic E-state index is 12.7. The molecule has 0 unspecified atom stereocenters. The third-order valence-electron chi connectivity index (χ3n) is 4.68. The van der Waals surface area contributed by atoms with Gasteiger partial charge in [-0.05, 0) is 38.0 Å². The van der Waals surface area contributed by atoms with E-state index in [1.54, 1.807) is 24.3 Å². The van der Waals surface area contributed by atoms with Crippen molar-refractivity contribution in [1.82, 2.24) is 4.98 Å². The molecule has 3 aromatic rings. The largest absolute Gasteiger partial charge is 0.368 e. The molecule has 6 nitrogen and oxygen atoms in total. The van der Waals surface area contributed by atoms with Gasteiger partial charge in [-0.1, -0.05) is 36.4 Å². The van der Waals surface area contributed by atoms with Crippen LogP contribution >= 0.6 is 11.3 Å². The van der Waals surface area contributed by atoms with Gasteiger partial charge >= 0.3 is 0 Å². The van der Waals surface area contributed by atoms with Crippen molar-refractivity contribution in [2.75, 3.05) is 17.2 Å². The number of hydrogen-bond donors (Lipinski definition) is 2. The zero-order chi connectivity index (χ0) is 20.2. The molecule has 7 heteroatoms. The lowest BCUT2D eigenvalue weighted by atomic mass is 10.1. The quantitative estimate of drug-likeness (QED) is 0.653. The highest BCUT2D eigenvalue weighted by atomic mass is 32.1. The van der Waals surface area contributed by atoms with Crippen LogP contribution in [0.3, 0.4) is 0 Å². The lowest BCUT2D eigenvalue weighted by molar-refractivity contribution is -0.124. The Labute approximate surface area is 172 Å². The van der Waals surface area contributed by atoms with Gasteiger partial charge in [0.05, 0.1) is 5.69 Å². The molecule has 4 rings (SSSR count). The summed E-state index contributed by atoms with van der Waals surface area (Å²) in [6.07, 6.45) is 1.19. The summed E-state index contributed by atoms with van der Waals surface area (Å²) in [5, 5.41) is 6.22. The normalized spacial score (nSPS) is 15.8. The number of rotatable bonds is 5. The van der Waals surface area contributed by atoms with Crippen LogP contribution in [0.15, 0.2) is 54.6 Å². The Morgan fingerprint density at radius 2 is 1.93 bits per heavy atom. The molecule has 1 aliphatic rings. The molecule has 2 heterocycles. The Morgan fingerprint density at radius 1 is 1.10 bits per heavy atom. The first-order valence-corrected chi connectivity index (χ1v) is 10.3. The predicted molar refractivity (Wildman–Crippen MR) is 114 cm³/mol. The van der Waals surface area contributed by atoms with Crippen molar-refractivity contribution in [3.05, 3.63) is 65.0 Å². The number of ether oxygens (including phenoxy) is 1. The van der Waals surface area contributed by atoms with E-state index < -0.39 is 6.10 Å². The summed E-state index contributed by atoms with van der Waals surface area (Å²) in [7, 11) is 0. The molecule has 0 bridgehead atoms. The van der Waals surface area contributed by atoms with Crippen LogP contribution in [0.25, 0.3) is 11.3 Å². The lowest BCUT2D eigenvalue weighted by Gasteiger charge is -2.11. The monoisotopic (exact) mass is 407 g/mol. The van der Waals surface area contributed by atoms with Crippen LogP contribution in [0.4, 0.5) is 10.8 Å². The van der Waals surface area contributed by atoms with E-state index in [2.05, 4.69) is 15.6 Å². The van der Waals surface area contributed by atoms with Crippen molar-refractivity contribution in [3.8, 4) is 11.3 Å². The molecule has 1 aromatic heterocycles. The summed E-state index contributed by atoms with van der Waals surface area (Å²) >= 11 is 1.43. The number of hydrogen-bond acceptors (Lipinski definition) is 5. The number of benzene rings is 2. The topological polar surface area (TPSA) is 80.3 Å². The SMILES string of the molecule is Cc1sc(NC(=O)c2cccc(NC(=O)[C@H]3CCCO3)c2)nc1-c1ccccc1. The van der Waals surface area contributed by atoms with Gasteiger partial charge in [0.15, 0.2) is 5.13 Å². The van der Waals surface area contributed by atoms with E-state index >= 15 is 0 Å². The molecule has 0 radical (unpaired) electrons. The molecule has 1 fully saturated rings. The molecule has 1 atom stereocenters. The maximum atomic E-state index is 12.7. The number of nitrogens with zero attached hydrogens (tertiary/aromatic N) is 1. The van der Waals surface area contributed by atoms with Gasteiger partial charge in [-0.15, -0.1) is 11.3 Å². The zero-order valence-corrected chi connectivity index (χ0v) is 16.8. The fraction of sp³-hybridized carbons (Fsp3) is 0.227. The molecule has 1 saturated heterocycles. The summed E-state index contributed by atoms with van der Waals surface area (Å²) in [6, 6.07) is 16.7. The minimum atomic E-state index is -0.415. The summed E-state index contributed by atoms with van der Waals surface area (Å²) in [5.74, 6) is -0.449. The summed E-state index contributed by atoms with van der Waals surface area (Å²) in [6.45, 7) is 2.59. The van der Waals surface area contributed by atoms with Crippen molar-refractivity contribution in [1.29, 1.82) is 0 Å². The van der Waals surface area contributed by atoms with Crippen LogP contribution in [-0.2, 0) is 9.53 Å². The van der Waals surface area contributed by atoms with E-state index in [0.29, 0.717) is 23.0 Å². The first kappa shape index (κ1) is 19.3. The molecule has 0 saturated carbocycles. The summed E-state index contributed by atoms with van der Waals surface area (Å²) in [4.78, 5) is 30.5. The van der Waals surface area contributed by atoms with Crippen molar-refractivity contribution < 1.29 is 14.3 Å². The van der Waals surface area contributed by atoms with Gasteiger partial charge in [-0.2, -0.15) is 0 Å². The highest BCUT2D eigenvalue weighted by Crippen LogP contribution is 2.30. The number of carbonyl (C=O) groups excluding carboxylic acids is 2. The van der Waals surface area contributed by atoms with Gasteiger partial charge in [0.25, 0.3) is 11.8 Å². The van der Waals surface area contributed by atoms with E-state index in [0.717, 1.165) is 29.0 Å². The molecule has 2 N–H and O–H groups in total. The molecule has 2 amide bonds. The van der Waals surface area contributed by atoms with Crippen LogP contribution in [0.1, 0.15) is 28.1 Å². The van der Waals surface area contributed by atoms with Gasteiger partial charge in [0.1, 0.15) is 6.10 Å². The van der Waals surface area contributed by atoms with Crippen LogP contribution in [0, 0.1) is 6.92 Å². The fourth-order valence-electron chi connectivity index (χ4n) is 3.23. The minimum absolute atomic E-state index is 0.178. The van der Waals surface area contributed by atoms with E-state index in [-0.39, 0.29) is 11.8 Å². The average Bonchev–Trinajstić information content (AvgIpc) is 3.39. The third-order valence-corrected chi connectivity index (χ3v) is 5.56. The summed E-state index contributed by atoms with van der Waals surface area (Å²) in [5.41, 5.74) is 2.90. The first-order chi connectivity index (χ1) is 14.1. The van der Waals surface area contributed by atoms with Gasteiger partial charge in [-0.3, -0.25) is 14.9 Å². The van der Waals surface area contributed by atoms with Crippen molar-refractivity contribution in [3.63, 3.8) is 0 Å². The highest BCUT2D eigenvalue weighted by molar-refractivity contribution is 7.16. The van der Waals surface area contributed by atoms with Crippen LogP contribution in [-0.4, -0.2) is 29.5 Å². The molecule has 29 heavy (non-hydrogen) atoms. The molecule has 148 valence electrons. The van der Waals surface area contributed by atoms with Crippen molar-refractivity contribution in [2.24, 2.45) is 0 Å². The Kier molecular flexibility index (Phi) is 5.69. The second-order valence-electron chi connectivity index (χ2n) is 6.82. The highest BCUT2D eigenvalue weighted by Gasteiger charge is 2.23. The lowest BCUT2D eigenvalue weighted by Crippen LogP contribution is -2.27. The number of thiazole rings is 1. The summed E-state index contributed by atoms with van der Waals surface area (Å²) < 4.78 is 5.40. The van der Waals surface area contributed by atoms with E-state index in [9.17, 15) is 9.59 Å². The zero-order valence-electron chi connectivity index (χ0n) is 16.0. The Bertz CT molecular complexity index is 1030. The molecular formula is C22H21N3O3S. The van der Waals surface area contributed by atoms with Gasteiger partial charge in [0, 0.05) is 28.3 Å². The van der Waals surface area contributed by atoms with Crippen LogP contribution in [0.5, 0.6) is 0 Å². The van der Waals surface area contributed by atoms with Gasteiger partial charge in [0.2, 0.25) is 0 Å². The first-order valence-electron chi connectivity index (χ1n) is 9.47. The number of carbonyl (C=O) groups is 2. The van der Waals surface area contributed by atoms with Crippen LogP contribution in [0.2, 0.25) is 0 Å². The average molecular weight is 407 g/mol. The van der Waals surface area contributed by atoms with Gasteiger partial charge < -0.3 is 10.1 Å². The molecule has 1 aliphatic heterocycles. The smallest absolute Gasteiger partial charge is 0.257 e. The number of aryl methyl sites for hydroxylation is 1. The minimum Gasteiger partial charge on any atom is -0.368 e. The molecule has 2 aromatic carbocycles. The maximum Gasteiger partial charge on any atom is 0.257 e. The van der Waals surface area contributed by atoms with Gasteiger partial charge in [-0.25, -0.2) is 4.98 Å². The van der Waals surface area contributed by atoms with E-state index in [1.165, 1.54) is 11.3 Å². The second kappa shape index (κ2) is 8.55. The van der Waals surface area contributed by atoms with E-state index in [4.69, 9.17) is 4.74 Å². The molecule has 0 aliphatic carbocycles. The number of nitrogens with one attached hydrogen (secondary N) is 2. The Balaban J connectivity index is 1.46. The Hall–Kier alpha value is -3.03. The standard InChI is InChI=1S/C22H21N3O3S/c1-14-19(15-7-3-2-4-8-15)24-22(29-14)25-20(26)16-9-5-10-17(13-16)23-21(27)18-11-6-12-28-18/h2-5,7-10,13,18H,6,11-12H2,1H3,(H,23,27)(H,24,25,26)/t18-/m1/s1. The fourth-order valence-corrected chi connectivity index (χ4v) is 4.06. The van der Waals surface area contributed by atoms with Crippen molar-refractivity contribution >= 4 is 34.0 Å². The predicted octanol–water partition coefficient (Wildman–Crippen LogP) is 4.49. The Morgan fingerprint density at radius 3 is 2.69 bits per heavy atom.